The van der Waals surface area contributed by atoms with Crippen LogP contribution in [0.25, 0.3) is 0 Å². The van der Waals surface area contributed by atoms with Crippen LogP contribution in [0.5, 0.6) is 0 Å². The highest BCUT2D eigenvalue weighted by molar-refractivity contribution is 7.90. The molecule has 0 radical (unpaired) electrons. The van der Waals surface area contributed by atoms with Gasteiger partial charge in [0.2, 0.25) is 5.91 Å². The molecule has 1 unspecified atom stereocenters. The van der Waals surface area contributed by atoms with Gasteiger partial charge < -0.3 is 10.1 Å². The van der Waals surface area contributed by atoms with E-state index in [1.165, 1.54) is 24.7 Å². The predicted octanol–water partition coefficient (Wildman–Crippen LogP) is 3.00. The highest BCUT2D eigenvalue weighted by Gasteiger charge is 2.39. The maximum atomic E-state index is 13.2. The molecule has 1 N–H and O–H groups in total. The Labute approximate surface area is 169 Å². The molecule has 1 fully saturated rings. The number of aromatic nitrogens is 2. The number of ether oxygens (including phenoxy) is 1. The van der Waals surface area contributed by atoms with Crippen molar-refractivity contribution in [2.24, 2.45) is 0 Å². The van der Waals surface area contributed by atoms with Crippen molar-refractivity contribution in [3.63, 3.8) is 0 Å². The van der Waals surface area contributed by atoms with E-state index in [1.54, 1.807) is 19.1 Å². The minimum Gasteiger partial charge on any atom is -0.378 e. The van der Waals surface area contributed by atoms with Crippen molar-refractivity contribution in [2.45, 2.75) is 42.6 Å². The van der Waals surface area contributed by atoms with Crippen LogP contribution in [-0.4, -0.2) is 43.3 Å². The number of carbonyl (C=O) groups excluding carboxylic acids is 1. The highest BCUT2D eigenvalue weighted by atomic mass is 35.5. The van der Waals surface area contributed by atoms with Gasteiger partial charge in [-0.2, -0.15) is 0 Å². The van der Waals surface area contributed by atoms with Crippen molar-refractivity contribution >= 4 is 33.2 Å². The fourth-order valence-corrected chi connectivity index (χ4v) is 4.69. The molecule has 3 rings (SSSR count). The van der Waals surface area contributed by atoms with E-state index >= 15 is 0 Å². The Morgan fingerprint density at radius 3 is 2.75 bits per heavy atom. The summed E-state index contributed by atoms with van der Waals surface area (Å²) < 4.78 is 29.5. The summed E-state index contributed by atoms with van der Waals surface area (Å²) in [6.45, 7) is 2.46. The highest BCUT2D eigenvalue weighted by Crippen LogP contribution is 2.36. The third-order valence-electron chi connectivity index (χ3n) is 4.93. The summed E-state index contributed by atoms with van der Waals surface area (Å²) in [6.07, 6.45) is 7.75. The molecule has 7 nitrogen and oxygen atoms in total. The second kappa shape index (κ2) is 8.14. The fourth-order valence-electron chi connectivity index (χ4n) is 3.36. The number of halogens is 1. The van der Waals surface area contributed by atoms with Crippen LogP contribution < -0.4 is 5.32 Å². The largest absolute Gasteiger partial charge is 0.378 e. The summed E-state index contributed by atoms with van der Waals surface area (Å²) in [7, 11) is -3.46. The number of anilines is 1. The van der Waals surface area contributed by atoms with Gasteiger partial charge >= 0.3 is 0 Å². The number of benzene rings is 1. The Balaban J connectivity index is 1.98. The average Bonchev–Trinajstić information content (AvgIpc) is 3.14. The molecule has 28 heavy (non-hydrogen) atoms. The summed E-state index contributed by atoms with van der Waals surface area (Å²) in [5, 5.41) is 2.88. The van der Waals surface area contributed by atoms with E-state index in [1.807, 2.05) is 0 Å². The number of nitrogens with zero attached hydrogens (tertiary/aromatic N) is 2. The van der Waals surface area contributed by atoms with E-state index in [2.05, 4.69) is 15.3 Å². The smallest absolute Gasteiger partial charge is 0.236 e. The van der Waals surface area contributed by atoms with Gasteiger partial charge in [-0.25, -0.2) is 13.4 Å². The molecule has 1 aromatic heterocycles. The number of sulfone groups is 1. The van der Waals surface area contributed by atoms with Crippen LogP contribution >= 0.6 is 11.6 Å². The monoisotopic (exact) mass is 423 g/mol. The number of hydrogen-bond acceptors (Lipinski definition) is 6. The van der Waals surface area contributed by atoms with Crippen molar-refractivity contribution in [1.82, 2.24) is 9.97 Å². The van der Waals surface area contributed by atoms with Crippen LogP contribution in [0.1, 0.15) is 31.7 Å². The minimum absolute atomic E-state index is 0.0340. The van der Waals surface area contributed by atoms with Crippen molar-refractivity contribution in [2.75, 3.05) is 18.2 Å². The van der Waals surface area contributed by atoms with Crippen LogP contribution in [0.15, 0.2) is 41.7 Å². The zero-order valence-electron chi connectivity index (χ0n) is 15.7. The summed E-state index contributed by atoms with van der Waals surface area (Å²) in [6, 6.07) is 4.62. The molecule has 1 amide bonds. The fraction of sp³-hybridized carbons (Fsp3) is 0.421. The Kier molecular flexibility index (Phi) is 6.02. The van der Waals surface area contributed by atoms with Crippen LogP contribution in [0.4, 0.5) is 5.82 Å². The van der Waals surface area contributed by atoms with E-state index in [0.29, 0.717) is 24.4 Å². The first-order valence-corrected chi connectivity index (χ1v) is 11.2. The van der Waals surface area contributed by atoms with Gasteiger partial charge in [0.25, 0.3) is 0 Å². The normalized spacial score (nSPS) is 19.2. The van der Waals surface area contributed by atoms with Crippen LogP contribution in [0, 0.1) is 0 Å². The summed E-state index contributed by atoms with van der Waals surface area (Å²) in [5.74, 6) is 0.0524. The first kappa shape index (κ1) is 20.7. The van der Waals surface area contributed by atoms with Crippen LogP contribution in [0.3, 0.4) is 0 Å². The van der Waals surface area contributed by atoms with Gasteiger partial charge in [-0.15, -0.1) is 0 Å². The van der Waals surface area contributed by atoms with Crippen molar-refractivity contribution in [3.05, 3.63) is 47.4 Å². The number of amides is 1. The van der Waals surface area contributed by atoms with Gasteiger partial charge in [-0.3, -0.25) is 9.78 Å². The number of carbonyl (C=O) groups is 1. The van der Waals surface area contributed by atoms with Crippen molar-refractivity contribution < 1.29 is 17.9 Å². The molecule has 9 heteroatoms. The number of hydrogen-bond donors (Lipinski definition) is 1. The van der Waals surface area contributed by atoms with Gasteiger partial charge in [0.1, 0.15) is 0 Å². The summed E-state index contributed by atoms with van der Waals surface area (Å²) in [4.78, 5) is 21.3. The van der Waals surface area contributed by atoms with Gasteiger partial charge in [-0.05, 0) is 43.9 Å². The molecule has 0 bridgehead atoms. The quantitative estimate of drug-likeness (QED) is 0.766. The molecule has 2 atom stereocenters. The Bertz CT molecular complexity index is 962. The Morgan fingerprint density at radius 1 is 1.39 bits per heavy atom. The zero-order valence-corrected chi connectivity index (χ0v) is 17.3. The van der Waals surface area contributed by atoms with Gasteiger partial charge in [0.15, 0.2) is 15.7 Å². The van der Waals surface area contributed by atoms with Crippen LogP contribution in [-0.2, 0) is 24.8 Å². The molecular formula is C19H22ClN3O4S. The third-order valence-corrected chi connectivity index (χ3v) is 6.51. The predicted molar refractivity (Wildman–Crippen MR) is 106 cm³/mol. The maximum Gasteiger partial charge on any atom is 0.236 e. The summed E-state index contributed by atoms with van der Waals surface area (Å²) >= 11 is 6.24. The van der Waals surface area contributed by atoms with Crippen molar-refractivity contribution in [1.29, 1.82) is 0 Å². The van der Waals surface area contributed by atoms with Crippen molar-refractivity contribution in [3.8, 4) is 0 Å². The molecule has 150 valence electrons. The van der Waals surface area contributed by atoms with Gasteiger partial charge in [0, 0.05) is 25.3 Å². The molecule has 1 aliphatic rings. The molecule has 1 aromatic carbocycles. The van der Waals surface area contributed by atoms with Gasteiger partial charge in [0.05, 0.1) is 27.6 Å². The molecule has 2 heterocycles. The Morgan fingerprint density at radius 2 is 2.18 bits per heavy atom. The molecule has 1 aliphatic heterocycles. The lowest BCUT2D eigenvalue weighted by Gasteiger charge is -2.31. The molecule has 2 aromatic rings. The standard InChI is InChI=1S/C19H22ClN3O4S/c1-19(11-14-4-3-9-27-14,18(24)23-17-12-21-7-8-22-17)13-5-6-16(15(20)10-13)28(2,25)26/h5-8,10,12,14H,3-4,9,11H2,1-2H3,(H,22,23,24)/t14-,19?/m1/s1. The lowest BCUT2D eigenvalue weighted by molar-refractivity contribution is -0.122. The number of rotatable bonds is 6. The molecule has 0 saturated carbocycles. The Hall–Kier alpha value is -2.03. The van der Waals surface area contributed by atoms with E-state index in [9.17, 15) is 13.2 Å². The molecule has 0 aliphatic carbocycles. The number of nitrogens with one attached hydrogen (secondary N) is 1. The van der Waals surface area contributed by atoms with E-state index < -0.39 is 15.3 Å². The minimum atomic E-state index is -3.46. The second-order valence-electron chi connectivity index (χ2n) is 7.13. The van der Waals surface area contributed by atoms with Gasteiger partial charge in [-0.1, -0.05) is 17.7 Å². The second-order valence-corrected chi connectivity index (χ2v) is 9.52. The van der Waals surface area contributed by atoms with E-state index in [-0.39, 0.29) is 21.9 Å². The van der Waals surface area contributed by atoms with E-state index in [0.717, 1.165) is 19.1 Å². The summed E-state index contributed by atoms with van der Waals surface area (Å²) in [5.41, 5.74) is -0.381. The molecule has 0 spiro atoms. The lowest BCUT2D eigenvalue weighted by atomic mass is 9.76. The van der Waals surface area contributed by atoms with E-state index in [4.69, 9.17) is 16.3 Å². The third kappa shape index (κ3) is 4.51. The lowest BCUT2D eigenvalue weighted by Crippen LogP contribution is -2.40. The average molecular weight is 424 g/mol. The zero-order chi connectivity index (χ0) is 20.4. The maximum absolute atomic E-state index is 13.2. The first-order valence-electron chi connectivity index (χ1n) is 8.89. The molecule has 1 saturated heterocycles. The SMILES string of the molecule is CC(C[C@H]1CCCO1)(C(=O)Nc1cnccn1)c1ccc(S(C)(=O)=O)c(Cl)c1. The van der Waals surface area contributed by atoms with Crippen LogP contribution in [0.2, 0.25) is 5.02 Å². The topological polar surface area (TPSA) is 98.2 Å². The molecular weight excluding hydrogens is 402 g/mol. The first-order chi connectivity index (χ1) is 13.2.